The van der Waals surface area contributed by atoms with Gasteiger partial charge in [0.15, 0.2) is 10.3 Å². The zero-order valence-corrected chi connectivity index (χ0v) is 25.3. The van der Waals surface area contributed by atoms with Gasteiger partial charge in [0.25, 0.3) is 0 Å². The summed E-state index contributed by atoms with van der Waals surface area (Å²) < 4.78 is 0. The van der Waals surface area contributed by atoms with E-state index < -0.39 is 0 Å². The molecule has 6 rings (SSSR count). The van der Waals surface area contributed by atoms with Crippen LogP contribution in [0.3, 0.4) is 0 Å². The van der Waals surface area contributed by atoms with Crippen molar-refractivity contribution >= 4 is 44.8 Å². The van der Waals surface area contributed by atoms with Gasteiger partial charge in [-0.3, -0.25) is 19.6 Å². The molecule has 0 radical (unpaired) electrons. The molecule has 12 heteroatoms. The highest BCUT2D eigenvalue weighted by Crippen LogP contribution is 2.20. The van der Waals surface area contributed by atoms with Gasteiger partial charge in [-0.2, -0.15) is 0 Å². The van der Waals surface area contributed by atoms with E-state index in [1.165, 1.54) is 11.1 Å². The second-order valence-corrected chi connectivity index (χ2v) is 11.8. The van der Waals surface area contributed by atoms with E-state index in [2.05, 4.69) is 29.7 Å². The summed E-state index contributed by atoms with van der Waals surface area (Å²) in [6.45, 7) is 6.62. The van der Waals surface area contributed by atoms with Crippen molar-refractivity contribution in [1.82, 2.24) is 29.7 Å². The number of aromatic nitrogens is 4. The van der Waals surface area contributed by atoms with E-state index in [9.17, 15) is 9.59 Å². The third-order valence-corrected chi connectivity index (χ3v) is 9.06. The average molecular weight is 605 g/mol. The van der Waals surface area contributed by atoms with E-state index in [1.807, 2.05) is 57.2 Å². The highest BCUT2D eigenvalue weighted by molar-refractivity contribution is 7.13. The maximum Gasteiger partial charge on any atom is 0.223 e. The fourth-order valence-corrected chi connectivity index (χ4v) is 6.35. The number of piperazine rings is 2. The summed E-state index contributed by atoms with van der Waals surface area (Å²) in [6, 6.07) is 7.86. The van der Waals surface area contributed by atoms with Crippen LogP contribution >= 0.6 is 22.7 Å². The minimum Gasteiger partial charge on any atom is -0.345 e. The molecule has 2 amide bonds. The summed E-state index contributed by atoms with van der Waals surface area (Å²) in [5.41, 5.74) is 2.33. The van der Waals surface area contributed by atoms with E-state index in [-0.39, 0.29) is 11.8 Å². The first-order valence-electron chi connectivity index (χ1n) is 14.3. The van der Waals surface area contributed by atoms with Crippen LogP contribution in [0, 0.1) is 0 Å². The second kappa shape index (κ2) is 15.4. The number of carbonyl (C=O) groups is 2. The van der Waals surface area contributed by atoms with Gasteiger partial charge in [-0.25, -0.2) is 9.97 Å². The van der Waals surface area contributed by atoms with Crippen LogP contribution in [0.25, 0.3) is 0 Å². The zero-order valence-electron chi connectivity index (χ0n) is 23.6. The SMILES string of the molecule is O=C(CCc1ccncc1)N1CCN(c2nccs2)CC1.O=C(CCc1ccncc1)N1CCN(c2nccs2)CC1. The quantitative estimate of drug-likeness (QED) is 0.301. The lowest BCUT2D eigenvalue weighted by molar-refractivity contribution is -0.132. The standard InChI is InChI=1S/2C15H18N4OS/c2*20-14(2-1-13-3-5-16-6-4-13)18-8-10-19(11-9-18)15-17-7-12-21-15/h2*3-7,12H,1-2,8-11H2. The highest BCUT2D eigenvalue weighted by Gasteiger charge is 2.23. The van der Waals surface area contributed by atoms with E-state index in [4.69, 9.17) is 0 Å². The Labute approximate surface area is 254 Å². The minimum atomic E-state index is 0.241. The van der Waals surface area contributed by atoms with Crippen LogP contribution in [0.2, 0.25) is 0 Å². The van der Waals surface area contributed by atoms with Gasteiger partial charge in [-0.15, -0.1) is 22.7 Å². The minimum absolute atomic E-state index is 0.241. The first-order valence-corrected chi connectivity index (χ1v) is 16.0. The van der Waals surface area contributed by atoms with Crippen LogP contribution in [0.5, 0.6) is 0 Å². The number of nitrogens with zero attached hydrogens (tertiary/aromatic N) is 8. The molecule has 4 aromatic rings. The number of aryl methyl sites for hydroxylation is 2. The summed E-state index contributed by atoms with van der Waals surface area (Å²) in [5, 5.41) is 6.08. The molecule has 0 aromatic carbocycles. The highest BCUT2D eigenvalue weighted by atomic mass is 32.1. The third-order valence-electron chi connectivity index (χ3n) is 7.40. The Morgan fingerprint density at radius 1 is 0.571 bits per heavy atom. The van der Waals surface area contributed by atoms with Crippen molar-refractivity contribution in [2.24, 2.45) is 0 Å². The number of hydrogen-bond acceptors (Lipinski definition) is 10. The van der Waals surface area contributed by atoms with Gasteiger partial charge in [0.2, 0.25) is 11.8 Å². The Balaban J connectivity index is 0.000000168. The van der Waals surface area contributed by atoms with Gasteiger partial charge >= 0.3 is 0 Å². The van der Waals surface area contributed by atoms with Crippen LogP contribution < -0.4 is 9.80 Å². The fraction of sp³-hybridized carbons (Fsp3) is 0.400. The summed E-state index contributed by atoms with van der Waals surface area (Å²) >= 11 is 3.30. The predicted octanol–water partition coefficient (Wildman–Crippen LogP) is 3.64. The molecule has 10 nitrogen and oxygen atoms in total. The molecule has 0 aliphatic carbocycles. The van der Waals surface area contributed by atoms with Crippen LogP contribution in [-0.2, 0) is 22.4 Å². The van der Waals surface area contributed by atoms with Crippen LogP contribution in [0.15, 0.2) is 72.2 Å². The molecule has 220 valence electrons. The molecule has 0 bridgehead atoms. The van der Waals surface area contributed by atoms with Gasteiger partial charge in [0.1, 0.15) is 0 Å². The predicted molar refractivity (Wildman–Crippen MR) is 167 cm³/mol. The molecular weight excluding hydrogens is 569 g/mol. The molecule has 2 fully saturated rings. The summed E-state index contributed by atoms with van der Waals surface area (Å²) in [5.74, 6) is 0.483. The van der Waals surface area contributed by atoms with E-state index in [0.29, 0.717) is 12.8 Å². The van der Waals surface area contributed by atoms with E-state index in [1.54, 1.807) is 47.5 Å². The monoisotopic (exact) mass is 604 g/mol. The van der Waals surface area contributed by atoms with Crippen molar-refractivity contribution in [1.29, 1.82) is 0 Å². The molecule has 4 aromatic heterocycles. The van der Waals surface area contributed by atoms with Gasteiger partial charge in [-0.1, -0.05) is 0 Å². The maximum atomic E-state index is 12.2. The van der Waals surface area contributed by atoms with Crippen LogP contribution in [-0.4, -0.2) is 93.9 Å². The number of pyridine rings is 2. The Morgan fingerprint density at radius 3 is 1.29 bits per heavy atom. The number of anilines is 2. The second-order valence-electron chi connectivity index (χ2n) is 10.1. The average Bonchev–Trinajstić information content (AvgIpc) is 3.80. The number of carbonyl (C=O) groups excluding carboxylic acids is 2. The maximum absolute atomic E-state index is 12.2. The molecule has 6 heterocycles. The molecule has 2 aliphatic rings. The number of thiazole rings is 2. The number of amides is 2. The Morgan fingerprint density at radius 2 is 0.952 bits per heavy atom. The fourth-order valence-electron chi connectivity index (χ4n) is 4.96. The van der Waals surface area contributed by atoms with E-state index >= 15 is 0 Å². The normalized spacial score (nSPS) is 15.2. The van der Waals surface area contributed by atoms with Gasteiger partial charge in [0.05, 0.1) is 0 Å². The topological polar surface area (TPSA) is 98.7 Å². The van der Waals surface area contributed by atoms with Crippen molar-refractivity contribution in [3.8, 4) is 0 Å². The number of rotatable bonds is 8. The van der Waals surface area contributed by atoms with Crippen molar-refractivity contribution in [2.45, 2.75) is 25.7 Å². The molecule has 0 N–H and O–H groups in total. The smallest absolute Gasteiger partial charge is 0.223 e. The lowest BCUT2D eigenvalue weighted by Gasteiger charge is -2.34. The molecule has 0 spiro atoms. The Kier molecular flexibility index (Phi) is 10.8. The molecule has 0 unspecified atom stereocenters. The lowest BCUT2D eigenvalue weighted by atomic mass is 10.1. The van der Waals surface area contributed by atoms with Crippen LogP contribution in [0.1, 0.15) is 24.0 Å². The van der Waals surface area contributed by atoms with Crippen molar-refractivity contribution < 1.29 is 9.59 Å². The Hall–Kier alpha value is -3.90. The summed E-state index contributed by atoms with van der Waals surface area (Å²) in [7, 11) is 0. The van der Waals surface area contributed by atoms with Gasteiger partial charge < -0.3 is 19.6 Å². The van der Waals surface area contributed by atoms with Crippen molar-refractivity contribution in [3.05, 3.63) is 83.3 Å². The molecule has 2 saturated heterocycles. The molecule has 0 saturated carbocycles. The number of hydrogen-bond donors (Lipinski definition) is 0. The lowest BCUT2D eigenvalue weighted by Crippen LogP contribution is -2.48. The summed E-state index contributed by atoms with van der Waals surface area (Å²) in [4.78, 5) is 49.5. The molecule has 0 atom stereocenters. The van der Waals surface area contributed by atoms with Crippen molar-refractivity contribution in [2.75, 3.05) is 62.2 Å². The molecule has 42 heavy (non-hydrogen) atoms. The third kappa shape index (κ3) is 8.56. The molecule has 2 aliphatic heterocycles. The van der Waals surface area contributed by atoms with Gasteiger partial charge in [-0.05, 0) is 48.2 Å². The van der Waals surface area contributed by atoms with Gasteiger partial charge in [0, 0.05) is 113 Å². The largest absolute Gasteiger partial charge is 0.345 e. The van der Waals surface area contributed by atoms with Crippen molar-refractivity contribution in [3.63, 3.8) is 0 Å². The first-order chi connectivity index (χ1) is 20.7. The molecular formula is C30H36N8O2S2. The van der Waals surface area contributed by atoms with E-state index in [0.717, 1.165) is 75.5 Å². The first kappa shape index (κ1) is 29.6. The zero-order chi connectivity index (χ0) is 29.0. The Bertz CT molecular complexity index is 1230. The summed E-state index contributed by atoms with van der Waals surface area (Å²) in [6.07, 6.45) is 13.4. The van der Waals surface area contributed by atoms with Crippen LogP contribution in [0.4, 0.5) is 10.3 Å².